The van der Waals surface area contributed by atoms with E-state index in [1.165, 1.54) is 24.3 Å². The molecule has 0 saturated carbocycles. The van der Waals surface area contributed by atoms with Crippen LogP contribution in [0.25, 0.3) is 10.8 Å². The lowest BCUT2D eigenvalue weighted by atomic mass is 10.0. The molecule has 196 valence electrons. The van der Waals surface area contributed by atoms with Crippen molar-refractivity contribution in [3.8, 4) is 5.75 Å². The summed E-state index contributed by atoms with van der Waals surface area (Å²) in [7, 11) is -2.86. The zero-order chi connectivity index (χ0) is 27.4. The number of nitrogens with one attached hydrogen (secondary N) is 1. The van der Waals surface area contributed by atoms with E-state index in [4.69, 9.17) is 27.9 Å². The number of hydrogen-bond acceptors (Lipinski definition) is 5. The van der Waals surface area contributed by atoms with Crippen molar-refractivity contribution >= 4 is 61.6 Å². The molecule has 0 spiro atoms. The predicted octanol–water partition coefficient (Wildman–Crippen LogP) is 5.37. The average Bonchev–Trinajstić information content (AvgIpc) is 2.89. The lowest BCUT2D eigenvalue weighted by molar-refractivity contribution is -0.135. The van der Waals surface area contributed by atoms with Crippen molar-refractivity contribution < 1.29 is 27.9 Å². The highest BCUT2D eigenvalue weighted by molar-refractivity contribution is 7.92. The van der Waals surface area contributed by atoms with Crippen LogP contribution in [0, 0.1) is 0 Å². The predicted molar refractivity (Wildman–Crippen MR) is 147 cm³/mol. The van der Waals surface area contributed by atoms with E-state index < -0.39 is 28.4 Å². The molecule has 2 N–H and O–H groups in total. The fourth-order valence-corrected chi connectivity index (χ4v) is 6.22. The highest BCUT2D eigenvalue weighted by Crippen LogP contribution is 2.34. The van der Waals surface area contributed by atoms with Gasteiger partial charge in [0, 0.05) is 33.1 Å². The lowest BCUT2D eigenvalue weighted by Gasteiger charge is -2.25. The van der Waals surface area contributed by atoms with Crippen LogP contribution in [0.5, 0.6) is 5.75 Å². The van der Waals surface area contributed by atoms with Crippen molar-refractivity contribution in [2.24, 2.45) is 0 Å². The maximum absolute atomic E-state index is 13.6. The van der Waals surface area contributed by atoms with E-state index in [0.717, 1.165) is 9.87 Å². The molecular formula is C27H22Cl2N2O6S. The first-order chi connectivity index (χ1) is 18.1. The molecule has 0 aromatic heterocycles. The summed E-state index contributed by atoms with van der Waals surface area (Å²) in [6, 6.07) is 20.6. The summed E-state index contributed by atoms with van der Waals surface area (Å²) < 4.78 is 33.3. The third-order valence-corrected chi connectivity index (χ3v) is 7.92. The van der Waals surface area contributed by atoms with E-state index >= 15 is 0 Å². The average molecular weight is 573 g/mol. The standard InChI is InChI=1S/C27H22Cl2N2O6S/c1-37-25-11-3-2-6-17(25)15-30-27(34)23-9-4-8-22-21(23)7-5-10-24(22)31(16-26(32)33)38(35,36)20-13-18(28)12-19(29)14-20/h2-14H,15-16H2,1H3,(H,30,34)(H,32,33). The van der Waals surface area contributed by atoms with Gasteiger partial charge in [-0.05, 0) is 41.8 Å². The molecule has 4 aromatic carbocycles. The van der Waals surface area contributed by atoms with Crippen LogP contribution < -0.4 is 14.4 Å². The Hall–Kier alpha value is -3.79. The number of carboxylic acids is 1. The SMILES string of the molecule is COc1ccccc1CNC(=O)c1cccc2c(N(CC(=O)O)S(=O)(=O)c3cc(Cl)cc(Cl)c3)cccc12. The van der Waals surface area contributed by atoms with E-state index in [9.17, 15) is 23.1 Å². The molecule has 0 bridgehead atoms. The lowest BCUT2D eigenvalue weighted by Crippen LogP contribution is -2.36. The van der Waals surface area contributed by atoms with Crippen molar-refractivity contribution in [2.75, 3.05) is 18.0 Å². The van der Waals surface area contributed by atoms with Crippen LogP contribution in [-0.2, 0) is 21.4 Å². The van der Waals surface area contributed by atoms with Gasteiger partial charge in [0.25, 0.3) is 15.9 Å². The zero-order valence-electron chi connectivity index (χ0n) is 20.0. The number of rotatable bonds is 9. The van der Waals surface area contributed by atoms with Gasteiger partial charge >= 0.3 is 5.97 Å². The van der Waals surface area contributed by atoms with E-state index in [1.54, 1.807) is 43.5 Å². The van der Waals surface area contributed by atoms with E-state index in [1.807, 2.05) is 18.2 Å². The smallest absolute Gasteiger partial charge is 0.324 e. The van der Waals surface area contributed by atoms with Crippen LogP contribution in [0.2, 0.25) is 10.0 Å². The first-order valence-corrected chi connectivity index (χ1v) is 13.4. The van der Waals surface area contributed by atoms with Crippen molar-refractivity contribution in [1.82, 2.24) is 5.32 Å². The molecule has 0 atom stereocenters. The maximum Gasteiger partial charge on any atom is 0.324 e. The molecule has 0 unspecified atom stereocenters. The van der Waals surface area contributed by atoms with Crippen molar-refractivity contribution in [2.45, 2.75) is 11.4 Å². The Bertz CT molecular complexity index is 1620. The van der Waals surface area contributed by atoms with Gasteiger partial charge in [-0.15, -0.1) is 0 Å². The summed E-state index contributed by atoms with van der Waals surface area (Å²) >= 11 is 12.0. The number of anilines is 1. The summed E-state index contributed by atoms with van der Waals surface area (Å²) in [5.74, 6) is -1.14. The van der Waals surface area contributed by atoms with Gasteiger partial charge in [0.15, 0.2) is 0 Å². The van der Waals surface area contributed by atoms with Crippen LogP contribution in [0.15, 0.2) is 83.8 Å². The first kappa shape index (κ1) is 27.3. The highest BCUT2D eigenvalue weighted by Gasteiger charge is 2.29. The second-order valence-electron chi connectivity index (χ2n) is 8.18. The highest BCUT2D eigenvalue weighted by atomic mass is 35.5. The number of sulfonamides is 1. The van der Waals surface area contributed by atoms with Gasteiger partial charge in [0.1, 0.15) is 12.3 Å². The molecule has 0 aliphatic carbocycles. The molecule has 0 radical (unpaired) electrons. The Morgan fingerprint density at radius 3 is 2.26 bits per heavy atom. The Labute approximate surface area is 229 Å². The second-order valence-corrected chi connectivity index (χ2v) is 10.9. The molecule has 38 heavy (non-hydrogen) atoms. The molecule has 11 heteroatoms. The van der Waals surface area contributed by atoms with Gasteiger partial charge < -0.3 is 15.2 Å². The Kier molecular flexibility index (Phi) is 8.11. The number of aliphatic carboxylic acids is 1. The monoisotopic (exact) mass is 572 g/mol. The van der Waals surface area contributed by atoms with Gasteiger partial charge in [-0.25, -0.2) is 8.42 Å². The van der Waals surface area contributed by atoms with Crippen LogP contribution >= 0.6 is 23.2 Å². The molecule has 4 aromatic rings. The zero-order valence-corrected chi connectivity index (χ0v) is 22.3. The van der Waals surface area contributed by atoms with Crippen molar-refractivity contribution in [3.63, 3.8) is 0 Å². The number of carbonyl (C=O) groups excluding carboxylic acids is 1. The number of hydrogen-bond donors (Lipinski definition) is 2. The van der Waals surface area contributed by atoms with Crippen LogP contribution in [0.4, 0.5) is 5.69 Å². The quantitative estimate of drug-likeness (QED) is 0.279. The molecule has 1 amide bonds. The number of nitrogens with zero attached hydrogens (tertiary/aromatic N) is 1. The number of benzene rings is 4. The molecular weight excluding hydrogens is 551 g/mol. The Morgan fingerprint density at radius 1 is 0.921 bits per heavy atom. The van der Waals surface area contributed by atoms with Gasteiger partial charge in [0.05, 0.1) is 17.7 Å². The van der Waals surface area contributed by atoms with Gasteiger partial charge in [0.2, 0.25) is 0 Å². The number of halogens is 2. The summed E-state index contributed by atoms with van der Waals surface area (Å²) in [6.07, 6.45) is 0. The molecule has 0 aliphatic rings. The minimum absolute atomic E-state index is 0.0817. The number of ether oxygens (including phenoxy) is 1. The number of carboxylic acid groups (broad SMARTS) is 1. The minimum atomic E-state index is -4.40. The van der Waals surface area contributed by atoms with Crippen LogP contribution in [0.1, 0.15) is 15.9 Å². The fourth-order valence-electron chi connectivity index (χ4n) is 4.06. The number of amides is 1. The number of fused-ring (bicyclic) bond motifs is 1. The summed E-state index contributed by atoms with van der Waals surface area (Å²) in [5, 5.41) is 13.4. The van der Waals surface area contributed by atoms with Gasteiger partial charge in [-0.1, -0.05) is 65.7 Å². The molecule has 4 rings (SSSR count). The number of carbonyl (C=O) groups is 2. The number of methoxy groups -OCH3 is 1. The second kappa shape index (κ2) is 11.3. The topological polar surface area (TPSA) is 113 Å². The van der Waals surface area contributed by atoms with Crippen molar-refractivity contribution in [1.29, 1.82) is 0 Å². The third-order valence-electron chi connectivity index (χ3n) is 5.75. The van der Waals surface area contributed by atoms with Crippen LogP contribution in [0.3, 0.4) is 0 Å². The normalized spacial score (nSPS) is 11.2. The molecule has 0 heterocycles. The molecule has 0 fully saturated rings. The summed E-state index contributed by atoms with van der Waals surface area (Å²) in [6.45, 7) is -0.663. The summed E-state index contributed by atoms with van der Waals surface area (Å²) in [5.41, 5.74) is 1.15. The largest absolute Gasteiger partial charge is 0.496 e. The number of para-hydroxylation sites is 1. The summed E-state index contributed by atoms with van der Waals surface area (Å²) in [4.78, 5) is 24.7. The van der Waals surface area contributed by atoms with E-state index in [0.29, 0.717) is 16.5 Å². The fraction of sp³-hybridized carbons (Fsp3) is 0.111. The van der Waals surface area contributed by atoms with Crippen molar-refractivity contribution in [3.05, 3.63) is 100 Å². The van der Waals surface area contributed by atoms with Gasteiger partial charge in [-0.2, -0.15) is 0 Å². The Morgan fingerprint density at radius 2 is 1.58 bits per heavy atom. The van der Waals surface area contributed by atoms with Crippen LogP contribution in [-0.4, -0.2) is 39.1 Å². The maximum atomic E-state index is 13.6. The van der Waals surface area contributed by atoms with E-state index in [2.05, 4.69) is 5.32 Å². The molecule has 0 saturated heterocycles. The van der Waals surface area contributed by atoms with E-state index in [-0.39, 0.29) is 32.7 Å². The molecule has 0 aliphatic heterocycles. The third kappa shape index (κ3) is 5.70. The first-order valence-electron chi connectivity index (χ1n) is 11.2. The van der Waals surface area contributed by atoms with Gasteiger partial charge in [-0.3, -0.25) is 13.9 Å². The molecule has 8 nitrogen and oxygen atoms in total. The Balaban J connectivity index is 1.77. The minimum Gasteiger partial charge on any atom is -0.496 e.